The van der Waals surface area contributed by atoms with Crippen LogP contribution < -0.4 is 0 Å². The van der Waals surface area contributed by atoms with Crippen molar-refractivity contribution >= 4 is 0 Å². The van der Waals surface area contributed by atoms with Crippen molar-refractivity contribution in [3.8, 4) is 0 Å². The van der Waals surface area contributed by atoms with Crippen molar-refractivity contribution in [2.45, 2.75) is 71.3 Å². The maximum absolute atomic E-state index is 9.96. The van der Waals surface area contributed by atoms with Crippen LogP contribution in [-0.4, -0.2) is 11.2 Å². The first kappa shape index (κ1) is 13.1. The Morgan fingerprint density at radius 1 is 1.10 bits per heavy atom. The third kappa shape index (κ3) is 1.71. The van der Waals surface area contributed by atoms with Crippen molar-refractivity contribution in [1.29, 1.82) is 0 Å². The molecular formula is C19H28O. The van der Waals surface area contributed by atoms with Gasteiger partial charge in [-0.15, -0.1) is 0 Å². The molecule has 110 valence electrons. The van der Waals surface area contributed by atoms with Gasteiger partial charge in [0.05, 0.1) is 6.10 Å². The zero-order valence-corrected chi connectivity index (χ0v) is 13.0. The Hall–Kier alpha value is -0.560. The van der Waals surface area contributed by atoms with Crippen LogP contribution in [0, 0.1) is 23.2 Å². The molecule has 0 bridgehead atoms. The van der Waals surface area contributed by atoms with Gasteiger partial charge in [-0.2, -0.15) is 0 Å². The second kappa shape index (κ2) is 4.47. The van der Waals surface area contributed by atoms with Gasteiger partial charge < -0.3 is 5.11 Å². The molecule has 4 aliphatic carbocycles. The minimum Gasteiger partial charge on any atom is -0.389 e. The predicted molar refractivity (Wildman–Crippen MR) is 82.3 cm³/mol. The van der Waals surface area contributed by atoms with E-state index in [1.54, 1.807) is 11.1 Å². The summed E-state index contributed by atoms with van der Waals surface area (Å²) in [5.74, 6) is 2.74. The van der Waals surface area contributed by atoms with Crippen LogP contribution in [0.15, 0.2) is 22.8 Å². The van der Waals surface area contributed by atoms with E-state index in [2.05, 4.69) is 19.9 Å². The number of rotatable bonds is 0. The molecule has 5 atom stereocenters. The molecule has 0 aromatic carbocycles. The third-order valence-corrected chi connectivity index (χ3v) is 7.24. The average molecular weight is 272 g/mol. The van der Waals surface area contributed by atoms with E-state index >= 15 is 0 Å². The molecule has 1 heteroatoms. The minimum atomic E-state index is -0.164. The summed E-state index contributed by atoms with van der Waals surface area (Å²) in [5, 5.41) is 9.96. The Morgan fingerprint density at radius 3 is 2.80 bits per heavy atom. The minimum absolute atomic E-state index is 0.164. The van der Waals surface area contributed by atoms with Crippen molar-refractivity contribution in [2.24, 2.45) is 23.2 Å². The molecule has 0 amide bonds. The molecule has 4 rings (SSSR count). The molecule has 2 saturated carbocycles. The van der Waals surface area contributed by atoms with Crippen LogP contribution in [0.3, 0.4) is 0 Å². The SMILES string of the molecule is CC1=C2CCC3C(CCC4=CC(O)CCC43C)C2CC1. The van der Waals surface area contributed by atoms with E-state index in [1.807, 2.05) is 5.57 Å². The second-order valence-electron chi connectivity index (χ2n) is 8.01. The van der Waals surface area contributed by atoms with Crippen LogP contribution >= 0.6 is 0 Å². The summed E-state index contributed by atoms with van der Waals surface area (Å²) < 4.78 is 0. The first-order valence-corrected chi connectivity index (χ1v) is 8.67. The van der Waals surface area contributed by atoms with E-state index in [1.165, 1.54) is 44.9 Å². The molecular weight excluding hydrogens is 244 g/mol. The van der Waals surface area contributed by atoms with E-state index in [-0.39, 0.29) is 6.10 Å². The maximum Gasteiger partial charge on any atom is 0.0724 e. The summed E-state index contributed by atoms with van der Waals surface area (Å²) in [6, 6.07) is 0. The molecule has 2 fully saturated rings. The molecule has 5 unspecified atom stereocenters. The molecule has 4 aliphatic rings. The van der Waals surface area contributed by atoms with Crippen LogP contribution in [0.5, 0.6) is 0 Å². The Kier molecular flexibility index (Phi) is 2.93. The van der Waals surface area contributed by atoms with Crippen LogP contribution in [0.2, 0.25) is 0 Å². The normalized spacial score (nSPS) is 47.5. The van der Waals surface area contributed by atoms with Gasteiger partial charge in [-0.3, -0.25) is 0 Å². The Balaban J connectivity index is 1.68. The fraction of sp³-hybridized carbons (Fsp3) is 0.789. The lowest BCUT2D eigenvalue weighted by Crippen LogP contribution is -2.46. The van der Waals surface area contributed by atoms with Gasteiger partial charge in [0.15, 0.2) is 0 Å². The highest BCUT2D eigenvalue weighted by Gasteiger charge is 2.51. The van der Waals surface area contributed by atoms with Crippen molar-refractivity contribution in [3.05, 3.63) is 22.8 Å². The van der Waals surface area contributed by atoms with Gasteiger partial charge in [0.2, 0.25) is 0 Å². The highest BCUT2D eigenvalue weighted by molar-refractivity contribution is 5.30. The fourth-order valence-electron chi connectivity index (χ4n) is 6.12. The van der Waals surface area contributed by atoms with E-state index in [0.29, 0.717) is 5.41 Å². The molecule has 0 saturated heterocycles. The van der Waals surface area contributed by atoms with Crippen molar-refractivity contribution in [2.75, 3.05) is 0 Å². The summed E-state index contributed by atoms with van der Waals surface area (Å²) in [5.41, 5.74) is 5.57. The molecule has 0 heterocycles. The first-order chi connectivity index (χ1) is 9.59. The van der Waals surface area contributed by atoms with Gasteiger partial charge in [0.1, 0.15) is 0 Å². The summed E-state index contributed by atoms with van der Waals surface area (Å²) in [7, 11) is 0. The molecule has 0 spiro atoms. The lowest BCUT2D eigenvalue weighted by molar-refractivity contribution is 0.0285. The number of aliphatic hydroxyl groups excluding tert-OH is 1. The highest BCUT2D eigenvalue weighted by Crippen LogP contribution is 2.61. The Morgan fingerprint density at radius 2 is 1.95 bits per heavy atom. The maximum atomic E-state index is 9.96. The molecule has 0 aromatic heterocycles. The molecule has 1 N–H and O–H groups in total. The molecule has 20 heavy (non-hydrogen) atoms. The van der Waals surface area contributed by atoms with Crippen LogP contribution in [-0.2, 0) is 0 Å². The highest BCUT2D eigenvalue weighted by atomic mass is 16.3. The lowest BCUT2D eigenvalue weighted by Gasteiger charge is -2.54. The first-order valence-electron chi connectivity index (χ1n) is 8.67. The number of hydrogen-bond acceptors (Lipinski definition) is 1. The van der Waals surface area contributed by atoms with E-state index in [9.17, 15) is 5.11 Å². The second-order valence-corrected chi connectivity index (χ2v) is 8.01. The van der Waals surface area contributed by atoms with Gasteiger partial charge in [0, 0.05) is 0 Å². The van der Waals surface area contributed by atoms with Crippen molar-refractivity contribution < 1.29 is 5.11 Å². The van der Waals surface area contributed by atoms with Gasteiger partial charge >= 0.3 is 0 Å². The predicted octanol–water partition coefficient (Wildman–Crippen LogP) is 4.62. The summed E-state index contributed by atoms with van der Waals surface area (Å²) in [4.78, 5) is 0. The summed E-state index contributed by atoms with van der Waals surface area (Å²) >= 11 is 0. The zero-order chi connectivity index (χ0) is 13.9. The van der Waals surface area contributed by atoms with Crippen LogP contribution in [0.1, 0.15) is 65.2 Å². The number of fused-ring (bicyclic) bond motifs is 5. The van der Waals surface area contributed by atoms with Gasteiger partial charge in [-0.25, -0.2) is 0 Å². The van der Waals surface area contributed by atoms with Crippen LogP contribution in [0.4, 0.5) is 0 Å². The van der Waals surface area contributed by atoms with Crippen molar-refractivity contribution in [3.63, 3.8) is 0 Å². The Labute approximate surface area is 123 Å². The molecule has 0 radical (unpaired) electrons. The smallest absolute Gasteiger partial charge is 0.0724 e. The number of hydrogen-bond donors (Lipinski definition) is 1. The summed E-state index contributed by atoms with van der Waals surface area (Å²) in [6.07, 6.45) is 12.4. The molecule has 1 nitrogen and oxygen atoms in total. The largest absolute Gasteiger partial charge is 0.389 e. The lowest BCUT2D eigenvalue weighted by atomic mass is 9.50. The van der Waals surface area contributed by atoms with E-state index < -0.39 is 0 Å². The summed E-state index contributed by atoms with van der Waals surface area (Å²) in [6.45, 7) is 4.89. The molecule has 0 aliphatic heterocycles. The van der Waals surface area contributed by atoms with E-state index in [4.69, 9.17) is 0 Å². The van der Waals surface area contributed by atoms with Crippen molar-refractivity contribution in [1.82, 2.24) is 0 Å². The fourth-order valence-corrected chi connectivity index (χ4v) is 6.12. The molecule has 0 aromatic rings. The number of aliphatic hydroxyl groups is 1. The monoisotopic (exact) mass is 272 g/mol. The topological polar surface area (TPSA) is 20.2 Å². The average Bonchev–Trinajstić information content (AvgIpc) is 2.82. The standard InChI is InChI=1S/C19H28O/c1-12-3-5-16-15(12)7-8-18-17(16)6-4-13-11-14(20)9-10-19(13,18)2/h11,14,16-18,20H,3-10H2,1-2H3. The van der Waals surface area contributed by atoms with Gasteiger partial charge in [0.25, 0.3) is 0 Å². The van der Waals surface area contributed by atoms with E-state index in [0.717, 1.165) is 24.2 Å². The quantitative estimate of drug-likeness (QED) is 0.638. The Bertz CT molecular complexity index is 486. The van der Waals surface area contributed by atoms with Crippen LogP contribution in [0.25, 0.3) is 0 Å². The third-order valence-electron chi connectivity index (χ3n) is 7.24. The number of allylic oxidation sites excluding steroid dienone is 3. The van der Waals surface area contributed by atoms with Gasteiger partial charge in [-0.05, 0) is 81.5 Å². The van der Waals surface area contributed by atoms with Gasteiger partial charge in [-0.1, -0.05) is 29.7 Å². The zero-order valence-electron chi connectivity index (χ0n) is 13.0.